The highest BCUT2D eigenvalue weighted by Crippen LogP contribution is 2.27. The molecule has 27 heavy (non-hydrogen) atoms. The molecule has 1 unspecified atom stereocenters. The zero-order chi connectivity index (χ0) is 19.4. The number of methoxy groups -OCH3 is 1. The van der Waals surface area contributed by atoms with Gasteiger partial charge < -0.3 is 19.5 Å². The van der Waals surface area contributed by atoms with Crippen molar-refractivity contribution in [2.75, 3.05) is 31.7 Å². The number of hydrogen-bond acceptors (Lipinski definition) is 8. The van der Waals surface area contributed by atoms with E-state index in [2.05, 4.69) is 15.2 Å². The predicted molar refractivity (Wildman–Crippen MR) is 98.1 cm³/mol. The SMILES string of the molecule is CCc1nc(-c2nnn(C)c2CO)ccc1N1CCOC(CC(=O)OC)C1. The quantitative estimate of drug-likeness (QED) is 0.736. The van der Waals surface area contributed by atoms with E-state index in [1.807, 2.05) is 19.1 Å². The molecule has 1 saturated heterocycles. The topological polar surface area (TPSA) is 103 Å². The number of aliphatic hydroxyl groups excluding tert-OH is 1. The highest BCUT2D eigenvalue weighted by molar-refractivity contribution is 5.70. The van der Waals surface area contributed by atoms with Crippen LogP contribution in [0.2, 0.25) is 0 Å². The Labute approximate surface area is 157 Å². The number of aryl methyl sites for hydroxylation is 2. The van der Waals surface area contributed by atoms with Gasteiger partial charge in [-0.2, -0.15) is 0 Å². The van der Waals surface area contributed by atoms with Crippen LogP contribution in [0.5, 0.6) is 0 Å². The molecule has 0 spiro atoms. The van der Waals surface area contributed by atoms with Crippen molar-refractivity contribution in [3.8, 4) is 11.4 Å². The second-order valence-corrected chi connectivity index (χ2v) is 6.40. The molecule has 3 heterocycles. The van der Waals surface area contributed by atoms with E-state index in [-0.39, 0.29) is 25.1 Å². The van der Waals surface area contributed by atoms with Crippen LogP contribution >= 0.6 is 0 Å². The van der Waals surface area contributed by atoms with Crippen LogP contribution in [-0.4, -0.2) is 64.0 Å². The molecule has 146 valence electrons. The molecule has 0 amide bonds. The van der Waals surface area contributed by atoms with Crippen LogP contribution in [-0.2, 0) is 34.3 Å². The lowest BCUT2D eigenvalue weighted by Crippen LogP contribution is -2.44. The maximum absolute atomic E-state index is 11.5. The summed E-state index contributed by atoms with van der Waals surface area (Å²) in [5.41, 5.74) is 3.86. The van der Waals surface area contributed by atoms with Gasteiger partial charge in [-0.15, -0.1) is 5.10 Å². The van der Waals surface area contributed by atoms with Gasteiger partial charge >= 0.3 is 5.97 Å². The van der Waals surface area contributed by atoms with Gasteiger partial charge in [-0.3, -0.25) is 4.79 Å². The van der Waals surface area contributed by atoms with Crippen molar-refractivity contribution in [2.45, 2.75) is 32.5 Å². The molecule has 0 aliphatic carbocycles. The van der Waals surface area contributed by atoms with Crippen molar-refractivity contribution in [3.63, 3.8) is 0 Å². The normalized spacial score (nSPS) is 17.2. The molecule has 0 saturated carbocycles. The number of carbonyl (C=O) groups excluding carboxylic acids is 1. The average Bonchev–Trinajstić information content (AvgIpc) is 3.08. The lowest BCUT2D eigenvalue weighted by atomic mass is 10.1. The Morgan fingerprint density at radius 2 is 2.26 bits per heavy atom. The number of ether oxygens (including phenoxy) is 2. The number of aromatic nitrogens is 4. The van der Waals surface area contributed by atoms with E-state index in [1.165, 1.54) is 7.11 Å². The maximum Gasteiger partial charge on any atom is 0.308 e. The number of aliphatic hydroxyl groups is 1. The Kier molecular flexibility index (Phi) is 6.02. The van der Waals surface area contributed by atoms with Gasteiger partial charge in [0.25, 0.3) is 0 Å². The number of carbonyl (C=O) groups is 1. The highest BCUT2D eigenvalue weighted by atomic mass is 16.5. The van der Waals surface area contributed by atoms with Crippen LogP contribution in [0, 0.1) is 0 Å². The molecule has 1 N–H and O–H groups in total. The van der Waals surface area contributed by atoms with Gasteiger partial charge in [0.05, 0.1) is 55.6 Å². The first-order valence-electron chi connectivity index (χ1n) is 9.00. The van der Waals surface area contributed by atoms with Crippen molar-refractivity contribution >= 4 is 11.7 Å². The standard InChI is InChI=1S/C18H25N5O4/c1-4-13-15(23-7-8-27-12(10-23)9-17(25)26-3)6-5-14(19-13)18-16(11-24)22(2)21-20-18/h5-6,12,24H,4,7-11H2,1-3H3. The van der Waals surface area contributed by atoms with E-state index in [0.29, 0.717) is 30.2 Å². The van der Waals surface area contributed by atoms with Gasteiger partial charge in [-0.05, 0) is 18.6 Å². The van der Waals surface area contributed by atoms with E-state index < -0.39 is 0 Å². The summed E-state index contributed by atoms with van der Waals surface area (Å²) in [7, 11) is 3.13. The van der Waals surface area contributed by atoms with Crippen molar-refractivity contribution in [3.05, 3.63) is 23.5 Å². The zero-order valence-corrected chi connectivity index (χ0v) is 15.9. The molecule has 0 aromatic carbocycles. The second kappa shape index (κ2) is 8.45. The van der Waals surface area contributed by atoms with Gasteiger partial charge in [0.1, 0.15) is 5.69 Å². The van der Waals surface area contributed by atoms with Gasteiger partial charge in [-0.1, -0.05) is 12.1 Å². The fraction of sp³-hybridized carbons (Fsp3) is 0.556. The van der Waals surface area contributed by atoms with Crippen LogP contribution < -0.4 is 4.90 Å². The van der Waals surface area contributed by atoms with E-state index >= 15 is 0 Å². The highest BCUT2D eigenvalue weighted by Gasteiger charge is 2.25. The summed E-state index contributed by atoms with van der Waals surface area (Å²) in [5.74, 6) is -0.273. The Hall–Kier alpha value is -2.52. The minimum absolute atomic E-state index is 0.150. The van der Waals surface area contributed by atoms with E-state index in [1.54, 1.807) is 11.7 Å². The lowest BCUT2D eigenvalue weighted by Gasteiger charge is -2.35. The minimum atomic E-state index is -0.273. The van der Waals surface area contributed by atoms with Gasteiger partial charge in [0.2, 0.25) is 0 Å². The molecule has 1 aliphatic heterocycles. The summed E-state index contributed by atoms with van der Waals surface area (Å²) in [6.45, 7) is 3.79. The summed E-state index contributed by atoms with van der Waals surface area (Å²) in [6, 6.07) is 3.90. The fourth-order valence-electron chi connectivity index (χ4n) is 3.26. The third kappa shape index (κ3) is 4.09. The molecule has 1 atom stereocenters. The summed E-state index contributed by atoms with van der Waals surface area (Å²) in [5, 5.41) is 17.7. The first-order valence-corrected chi connectivity index (χ1v) is 9.00. The van der Waals surface area contributed by atoms with Crippen LogP contribution in [0.3, 0.4) is 0 Å². The molecule has 2 aromatic heterocycles. The molecule has 2 aromatic rings. The van der Waals surface area contributed by atoms with E-state index in [0.717, 1.165) is 24.3 Å². The third-order valence-electron chi connectivity index (χ3n) is 4.72. The molecule has 9 heteroatoms. The Balaban J connectivity index is 1.85. The monoisotopic (exact) mass is 375 g/mol. The minimum Gasteiger partial charge on any atom is -0.469 e. The maximum atomic E-state index is 11.5. The number of anilines is 1. The molecule has 1 aliphatic rings. The number of esters is 1. The van der Waals surface area contributed by atoms with Crippen molar-refractivity contribution < 1.29 is 19.4 Å². The summed E-state index contributed by atoms with van der Waals surface area (Å²) < 4.78 is 12.0. The predicted octanol–water partition coefficient (Wildman–Crippen LogP) is 0.700. The number of nitrogens with zero attached hydrogens (tertiary/aromatic N) is 5. The summed E-state index contributed by atoms with van der Waals surface area (Å²) in [4.78, 5) is 18.5. The van der Waals surface area contributed by atoms with Crippen molar-refractivity contribution in [1.29, 1.82) is 0 Å². The Bertz CT molecular complexity index is 807. The van der Waals surface area contributed by atoms with E-state index in [9.17, 15) is 9.90 Å². The van der Waals surface area contributed by atoms with Crippen LogP contribution in [0.25, 0.3) is 11.4 Å². The van der Waals surface area contributed by atoms with Gasteiger partial charge in [-0.25, -0.2) is 9.67 Å². The van der Waals surface area contributed by atoms with Crippen LogP contribution in [0.1, 0.15) is 24.7 Å². The summed E-state index contributed by atoms with van der Waals surface area (Å²) in [6.07, 6.45) is 0.785. The average molecular weight is 375 g/mol. The second-order valence-electron chi connectivity index (χ2n) is 6.40. The van der Waals surface area contributed by atoms with E-state index in [4.69, 9.17) is 14.5 Å². The Morgan fingerprint density at radius 3 is 2.96 bits per heavy atom. The Morgan fingerprint density at radius 1 is 1.44 bits per heavy atom. The molecule has 9 nitrogen and oxygen atoms in total. The molecular weight excluding hydrogens is 350 g/mol. The summed E-state index contributed by atoms with van der Waals surface area (Å²) >= 11 is 0. The molecule has 0 bridgehead atoms. The van der Waals surface area contributed by atoms with Crippen molar-refractivity contribution in [1.82, 2.24) is 20.0 Å². The smallest absolute Gasteiger partial charge is 0.308 e. The molecule has 0 radical (unpaired) electrons. The fourth-order valence-corrected chi connectivity index (χ4v) is 3.26. The lowest BCUT2D eigenvalue weighted by molar-refractivity contribution is -0.144. The first kappa shape index (κ1) is 19.2. The molecule has 1 fully saturated rings. The van der Waals surface area contributed by atoms with Crippen molar-refractivity contribution in [2.24, 2.45) is 7.05 Å². The molecular formula is C18H25N5O4. The largest absolute Gasteiger partial charge is 0.469 e. The van der Waals surface area contributed by atoms with Crippen LogP contribution in [0.15, 0.2) is 12.1 Å². The first-order chi connectivity index (χ1) is 13.1. The number of rotatable bonds is 6. The van der Waals surface area contributed by atoms with Gasteiger partial charge in [0.15, 0.2) is 0 Å². The number of hydrogen-bond donors (Lipinski definition) is 1. The van der Waals surface area contributed by atoms with Crippen LogP contribution in [0.4, 0.5) is 5.69 Å². The van der Waals surface area contributed by atoms with Gasteiger partial charge in [0, 0.05) is 20.1 Å². The zero-order valence-electron chi connectivity index (χ0n) is 15.9. The molecule has 3 rings (SSSR count). The third-order valence-corrected chi connectivity index (χ3v) is 4.72. The number of pyridine rings is 1. The number of morpholine rings is 1.